The Hall–Kier alpha value is -2.41. The molecule has 3 N–H and O–H groups in total. The number of unbranched alkanes of at least 4 members (excludes halogenated alkanes) is 1. The van der Waals surface area contributed by atoms with Gasteiger partial charge in [-0.25, -0.2) is 4.79 Å². The minimum Gasteiger partial charge on any atom is -0.479 e. The number of benzene rings is 1. The summed E-state index contributed by atoms with van der Waals surface area (Å²) < 4.78 is 5.21. The minimum atomic E-state index is -1.04. The van der Waals surface area contributed by atoms with Crippen molar-refractivity contribution in [3.05, 3.63) is 35.4 Å². The van der Waals surface area contributed by atoms with Crippen LogP contribution < -0.4 is 10.6 Å². The molecular weight excluding hydrogens is 324 g/mol. The summed E-state index contributed by atoms with van der Waals surface area (Å²) in [4.78, 5) is 34.8. The molecule has 0 spiro atoms. The topological polar surface area (TPSA) is 105 Å². The van der Waals surface area contributed by atoms with E-state index < -0.39 is 18.2 Å². The van der Waals surface area contributed by atoms with Gasteiger partial charge in [-0.2, -0.15) is 0 Å². The SMILES string of the molecule is CCCCNC(=O)c1ccc(CNC(=O)[C@@H]2CC[C@H](C(=O)O)O2)cc1. The number of rotatable bonds is 8. The number of hydrogen-bond donors (Lipinski definition) is 3. The van der Waals surface area contributed by atoms with Crippen LogP contribution in [0.1, 0.15) is 48.5 Å². The molecular formula is C18H24N2O5. The zero-order valence-corrected chi connectivity index (χ0v) is 14.3. The van der Waals surface area contributed by atoms with Gasteiger partial charge in [-0.15, -0.1) is 0 Å². The van der Waals surface area contributed by atoms with Crippen LogP contribution in [-0.4, -0.2) is 41.6 Å². The van der Waals surface area contributed by atoms with Crippen molar-refractivity contribution in [2.75, 3.05) is 6.54 Å². The lowest BCUT2D eigenvalue weighted by atomic mass is 10.1. The van der Waals surface area contributed by atoms with E-state index in [1.54, 1.807) is 24.3 Å². The first kappa shape index (κ1) is 18.9. The van der Waals surface area contributed by atoms with Crippen LogP contribution in [0.5, 0.6) is 0 Å². The van der Waals surface area contributed by atoms with Crippen LogP contribution >= 0.6 is 0 Å². The van der Waals surface area contributed by atoms with Crippen molar-refractivity contribution >= 4 is 17.8 Å². The van der Waals surface area contributed by atoms with E-state index >= 15 is 0 Å². The number of carbonyl (C=O) groups is 3. The van der Waals surface area contributed by atoms with Gasteiger partial charge >= 0.3 is 5.97 Å². The average molecular weight is 348 g/mol. The Kier molecular flexibility index (Phi) is 6.94. The molecule has 1 aromatic carbocycles. The molecule has 0 unspecified atom stereocenters. The highest BCUT2D eigenvalue weighted by molar-refractivity contribution is 5.94. The number of aliphatic carboxylic acids is 1. The molecule has 2 atom stereocenters. The van der Waals surface area contributed by atoms with Crippen LogP contribution in [0, 0.1) is 0 Å². The van der Waals surface area contributed by atoms with Crippen molar-refractivity contribution in [3.63, 3.8) is 0 Å². The maximum atomic E-state index is 12.0. The number of amides is 2. The second-order valence-corrected chi connectivity index (χ2v) is 6.05. The molecule has 2 amide bonds. The minimum absolute atomic E-state index is 0.108. The Balaban J connectivity index is 1.78. The van der Waals surface area contributed by atoms with E-state index in [9.17, 15) is 14.4 Å². The summed E-state index contributed by atoms with van der Waals surface area (Å²) in [6.45, 7) is 3.02. The predicted molar refractivity (Wildman–Crippen MR) is 91.1 cm³/mol. The molecule has 136 valence electrons. The Labute approximate surface area is 146 Å². The smallest absolute Gasteiger partial charge is 0.332 e. The lowest BCUT2D eigenvalue weighted by Gasteiger charge is -2.12. The molecule has 0 aliphatic carbocycles. The quantitative estimate of drug-likeness (QED) is 0.617. The van der Waals surface area contributed by atoms with Gasteiger partial charge in [0.1, 0.15) is 6.10 Å². The monoisotopic (exact) mass is 348 g/mol. The maximum Gasteiger partial charge on any atom is 0.332 e. The van der Waals surface area contributed by atoms with Crippen molar-refractivity contribution < 1.29 is 24.2 Å². The second-order valence-electron chi connectivity index (χ2n) is 6.05. The normalized spacial score (nSPS) is 19.4. The van der Waals surface area contributed by atoms with Gasteiger partial charge < -0.3 is 20.5 Å². The van der Waals surface area contributed by atoms with Crippen LogP contribution in [0.3, 0.4) is 0 Å². The first-order chi connectivity index (χ1) is 12.0. The van der Waals surface area contributed by atoms with Crippen molar-refractivity contribution in [1.29, 1.82) is 0 Å². The van der Waals surface area contributed by atoms with Gasteiger partial charge in [-0.1, -0.05) is 25.5 Å². The number of ether oxygens (including phenoxy) is 1. The van der Waals surface area contributed by atoms with Crippen LogP contribution in [-0.2, 0) is 20.9 Å². The van der Waals surface area contributed by atoms with E-state index in [1.165, 1.54) is 0 Å². The van der Waals surface area contributed by atoms with Crippen molar-refractivity contribution in [2.45, 2.75) is 51.4 Å². The molecule has 1 saturated heterocycles. The zero-order valence-electron chi connectivity index (χ0n) is 14.3. The fourth-order valence-corrected chi connectivity index (χ4v) is 2.57. The van der Waals surface area contributed by atoms with Gasteiger partial charge in [0.05, 0.1) is 0 Å². The molecule has 0 saturated carbocycles. The Morgan fingerprint density at radius 2 is 1.80 bits per heavy atom. The Morgan fingerprint density at radius 1 is 1.12 bits per heavy atom. The third-order valence-electron chi connectivity index (χ3n) is 4.09. The van der Waals surface area contributed by atoms with Gasteiger partial charge in [-0.3, -0.25) is 9.59 Å². The molecule has 0 bridgehead atoms. The van der Waals surface area contributed by atoms with Crippen LogP contribution in [0.25, 0.3) is 0 Å². The molecule has 1 heterocycles. The molecule has 0 radical (unpaired) electrons. The van der Waals surface area contributed by atoms with E-state index in [0.717, 1.165) is 18.4 Å². The maximum absolute atomic E-state index is 12.0. The summed E-state index contributed by atoms with van der Waals surface area (Å²) in [5.74, 6) is -1.46. The molecule has 1 fully saturated rings. The van der Waals surface area contributed by atoms with E-state index in [0.29, 0.717) is 31.5 Å². The Morgan fingerprint density at radius 3 is 2.40 bits per heavy atom. The average Bonchev–Trinajstić information content (AvgIpc) is 3.11. The zero-order chi connectivity index (χ0) is 18.2. The van der Waals surface area contributed by atoms with Gasteiger partial charge in [0, 0.05) is 18.7 Å². The summed E-state index contributed by atoms with van der Waals surface area (Å²) in [5.41, 5.74) is 1.43. The summed E-state index contributed by atoms with van der Waals surface area (Å²) >= 11 is 0. The second kappa shape index (κ2) is 9.17. The van der Waals surface area contributed by atoms with Crippen LogP contribution in [0.4, 0.5) is 0 Å². The molecule has 2 rings (SSSR count). The van der Waals surface area contributed by atoms with Crippen LogP contribution in [0.15, 0.2) is 24.3 Å². The lowest BCUT2D eigenvalue weighted by Crippen LogP contribution is -2.35. The standard InChI is InChI=1S/C18H24N2O5/c1-2-3-10-19-16(21)13-6-4-12(5-7-13)11-20-17(22)14-8-9-15(25-14)18(23)24/h4-7,14-15H,2-3,8-11H2,1H3,(H,19,21)(H,20,22)(H,23,24)/t14-,15+/m0/s1. The van der Waals surface area contributed by atoms with Gasteiger partial charge in [-0.05, 0) is 37.0 Å². The van der Waals surface area contributed by atoms with Crippen molar-refractivity contribution in [2.24, 2.45) is 0 Å². The van der Waals surface area contributed by atoms with Gasteiger partial charge in [0.25, 0.3) is 5.91 Å². The molecule has 7 heteroatoms. The fraction of sp³-hybridized carbons (Fsp3) is 0.500. The van der Waals surface area contributed by atoms with Gasteiger partial charge in [0.15, 0.2) is 6.10 Å². The number of carbonyl (C=O) groups excluding carboxylic acids is 2. The first-order valence-electron chi connectivity index (χ1n) is 8.54. The van der Waals surface area contributed by atoms with Crippen molar-refractivity contribution in [1.82, 2.24) is 10.6 Å². The number of hydrogen-bond acceptors (Lipinski definition) is 4. The highest BCUT2D eigenvalue weighted by atomic mass is 16.5. The Bertz CT molecular complexity index is 614. The first-order valence-corrected chi connectivity index (χ1v) is 8.54. The molecule has 7 nitrogen and oxygen atoms in total. The molecule has 25 heavy (non-hydrogen) atoms. The number of carboxylic acid groups (broad SMARTS) is 1. The highest BCUT2D eigenvalue weighted by Gasteiger charge is 2.34. The predicted octanol–water partition coefficient (Wildman–Crippen LogP) is 1.46. The van der Waals surface area contributed by atoms with E-state index in [1.807, 2.05) is 0 Å². The summed E-state index contributed by atoms with van der Waals surface area (Å²) in [6.07, 6.45) is 1.10. The highest BCUT2D eigenvalue weighted by Crippen LogP contribution is 2.20. The third kappa shape index (κ3) is 5.56. The fourth-order valence-electron chi connectivity index (χ4n) is 2.57. The number of nitrogens with one attached hydrogen (secondary N) is 2. The largest absolute Gasteiger partial charge is 0.479 e. The lowest BCUT2D eigenvalue weighted by molar-refractivity contribution is -0.151. The summed E-state index contributed by atoms with van der Waals surface area (Å²) in [7, 11) is 0. The van der Waals surface area contributed by atoms with Crippen LogP contribution in [0.2, 0.25) is 0 Å². The van der Waals surface area contributed by atoms with E-state index in [4.69, 9.17) is 9.84 Å². The van der Waals surface area contributed by atoms with E-state index in [-0.39, 0.29) is 11.8 Å². The third-order valence-corrected chi connectivity index (χ3v) is 4.09. The summed E-state index contributed by atoms with van der Waals surface area (Å²) in [5, 5.41) is 14.5. The summed E-state index contributed by atoms with van der Waals surface area (Å²) in [6, 6.07) is 7.00. The van der Waals surface area contributed by atoms with E-state index in [2.05, 4.69) is 17.6 Å². The molecule has 1 aliphatic rings. The van der Waals surface area contributed by atoms with Crippen molar-refractivity contribution in [3.8, 4) is 0 Å². The molecule has 0 aromatic heterocycles. The van der Waals surface area contributed by atoms with Gasteiger partial charge in [0.2, 0.25) is 5.91 Å². The number of carboxylic acids is 1. The molecule has 1 aromatic rings. The molecule has 1 aliphatic heterocycles.